The smallest absolute Gasteiger partial charge is 0.265 e. The number of nitrogens with zero attached hydrogens (tertiary/aromatic N) is 4. The Labute approximate surface area is 183 Å². The van der Waals surface area contributed by atoms with Crippen molar-refractivity contribution in [2.24, 2.45) is 0 Å². The van der Waals surface area contributed by atoms with E-state index in [1.54, 1.807) is 17.9 Å². The lowest BCUT2D eigenvalue weighted by Gasteiger charge is -2.15. The molecule has 1 aliphatic heterocycles. The number of rotatable bonds is 5. The Morgan fingerprint density at radius 3 is 2.84 bits per heavy atom. The molecule has 7 nitrogen and oxygen atoms in total. The SMILES string of the molecule is O=C(NCc1ccn2ccnc2c1)c1ccc(C2CCN(C(=O)c3cncs3)C2)cc1. The fourth-order valence-electron chi connectivity index (χ4n) is 3.95. The molecule has 1 aromatic carbocycles. The van der Waals surface area contributed by atoms with E-state index in [2.05, 4.69) is 15.3 Å². The molecule has 0 spiro atoms. The van der Waals surface area contributed by atoms with E-state index < -0.39 is 0 Å². The van der Waals surface area contributed by atoms with E-state index in [9.17, 15) is 9.59 Å². The van der Waals surface area contributed by atoms with Crippen LogP contribution in [0.1, 0.15) is 43.5 Å². The maximum atomic E-state index is 12.5. The van der Waals surface area contributed by atoms with E-state index in [1.165, 1.54) is 11.3 Å². The van der Waals surface area contributed by atoms with E-state index in [1.807, 2.05) is 58.1 Å². The van der Waals surface area contributed by atoms with Crippen molar-refractivity contribution in [2.75, 3.05) is 13.1 Å². The van der Waals surface area contributed by atoms with Crippen LogP contribution in [0.25, 0.3) is 5.65 Å². The molecule has 1 N–H and O–H groups in total. The van der Waals surface area contributed by atoms with Crippen molar-refractivity contribution in [3.8, 4) is 0 Å². The van der Waals surface area contributed by atoms with Crippen LogP contribution in [0.5, 0.6) is 0 Å². The van der Waals surface area contributed by atoms with E-state index >= 15 is 0 Å². The first-order chi connectivity index (χ1) is 15.2. The van der Waals surface area contributed by atoms with E-state index in [-0.39, 0.29) is 17.7 Å². The van der Waals surface area contributed by atoms with Gasteiger partial charge in [-0.05, 0) is 41.8 Å². The molecule has 1 unspecified atom stereocenters. The molecule has 1 fully saturated rings. The number of imidazole rings is 1. The van der Waals surface area contributed by atoms with Gasteiger partial charge in [-0.15, -0.1) is 11.3 Å². The molecule has 0 radical (unpaired) electrons. The first-order valence-electron chi connectivity index (χ1n) is 10.1. The van der Waals surface area contributed by atoms with Crippen molar-refractivity contribution in [3.63, 3.8) is 0 Å². The lowest BCUT2D eigenvalue weighted by molar-refractivity contribution is 0.0795. The molecule has 5 rings (SSSR count). The van der Waals surface area contributed by atoms with Gasteiger partial charge in [-0.2, -0.15) is 0 Å². The van der Waals surface area contributed by atoms with Crippen LogP contribution in [0.15, 0.2) is 66.7 Å². The second-order valence-electron chi connectivity index (χ2n) is 7.63. The third kappa shape index (κ3) is 4.06. The molecule has 3 aromatic heterocycles. The van der Waals surface area contributed by atoms with Gasteiger partial charge >= 0.3 is 0 Å². The van der Waals surface area contributed by atoms with Crippen molar-refractivity contribution in [3.05, 3.63) is 88.3 Å². The Kier molecular flexibility index (Phi) is 5.21. The third-order valence-corrected chi connectivity index (χ3v) is 6.44. The largest absolute Gasteiger partial charge is 0.348 e. The predicted octanol–water partition coefficient (Wildman–Crippen LogP) is 3.35. The van der Waals surface area contributed by atoms with Crippen molar-refractivity contribution in [1.29, 1.82) is 0 Å². The van der Waals surface area contributed by atoms with Gasteiger partial charge in [-0.1, -0.05) is 12.1 Å². The summed E-state index contributed by atoms with van der Waals surface area (Å²) in [5, 5.41) is 2.97. The second kappa shape index (κ2) is 8.31. The van der Waals surface area contributed by atoms with Gasteiger partial charge in [0.25, 0.3) is 11.8 Å². The number of amides is 2. The highest BCUT2D eigenvalue weighted by atomic mass is 32.1. The maximum absolute atomic E-state index is 12.5. The van der Waals surface area contributed by atoms with E-state index in [4.69, 9.17) is 0 Å². The zero-order chi connectivity index (χ0) is 21.2. The van der Waals surface area contributed by atoms with Crippen LogP contribution in [0.4, 0.5) is 0 Å². The predicted molar refractivity (Wildman–Crippen MR) is 118 cm³/mol. The summed E-state index contributed by atoms with van der Waals surface area (Å²) < 4.78 is 1.93. The Balaban J connectivity index is 1.18. The molecule has 1 aliphatic rings. The van der Waals surface area contributed by atoms with Crippen LogP contribution in [-0.2, 0) is 6.54 Å². The third-order valence-electron chi connectivity index (χ3n) is 5.68. The van der Waals surface area contributed by atoms with Crippen LogP contribution < -0.4 is 5.32 Å². The van der Waals surface area contributed by atoms with Gasteiger partial charge in [0.05, 0.1) is 11.7 Å². The summed E-state index contributed by atoms with van der Waals surface area (Å²) in [6.45, 7) is 1.88. The Morgan fingerprint density at radius 1 is 1.16 bits per heavy atom. The van der Waals surface area contributed by atoms with Crippen molar-refractivity contribution < 1.29 is 9.59 Å². The molecule has 1 saturated heterocycles. The number of fused-ring (bicyclic) bond motifs is 1. The van der Waals surface area contributed by atoms with Crippen molar-refractivity contribution in [1.82, 2.24) is 24.6 Å². The number of pyridine rings is 1. The molecule has 2 amide bonds. The number of hydrogen-bond donors (Lipinski definition) is 1. The van der Waals surface area contributed by atoms with E-state index in [0.717, 1.165) is 29.7 Å². The summed E-state index contributed by atoms with van der Waals surface area (Å²) in [6.07, 6.45) is 8.12. The van der Waals surface area contributed by atoms with Gasteiger partial charge in [0.15, 0.2) is 0 Å². The summed E-state index contributed by atoms with van der Waals surface area (Å²) >= 11 is 1.37. The van der Waals surface area contributed by atoms with Gasteiger partial charge in [0.1, 0.15) is 10.5 Å². The highest BCUT2D eigenvalue weighted by Gasteiger charge is 2.28. The monoisotopic (exact) mass is 431 g/mol. The minimum atomic E-state index is -0.108. The minimum Gasteiger partial charge on any atom is -0.348 e. The van der Waals surface area contributed by atoms with E-state index in [0.29, 0.717) is 23.5 Å². The van der Waals surface area contributed by atoms with Crippen molar-refractivity contribution >= 4 is 28.8 Å². The van der Waals surface area contributed by atoms with Gasteiger partial charge in [-0.25, -0.2) is 4.98 Å². The molecule has 0 aliphatic carbocycles. The topological polar surface area (TPSA) is 79.6 Å². The van der Waals surface area contributed by atoms with Crippen LogP contribution in [-0.4, -0.2) is 44.2 Å². The zero-order valence-electron chi connectivity index (χ0n) is 16.8. The fourth-order valence-corrected chi connectivity index (χ4v) is 4.53. The maximum Gasteiger partial charge on any atom is 0.265 e. The summed E-state index contributed by atoms with van der Waals surface area (Å²) in [6, 6.07) is 11.6. The molecule has 1 atom stereocenters. The summed E-state index contributed by atoms with van der Waals surface area (Å²) in [5.41, 5.74) is 5.32. The van der Waals surface area contributed by atoms with Crippen LogP contribution >= 0.6 is 11.3 Å². The van der Waals surface area contributed by atoms with Crippen molar-refractivity contribution in [2.45, 2.75) is 18.9 Å². The highest BCUT2D eigenvalue weighted by molar-refractivity contribution is 7.11. The summed E-state index contributed by atoms with van der Waals surface area (Å²) in [7, 11) is 0. The molecule has 8 heteroatoms. The molecule has 4 aromatic rings. The number of carbonyl (C=O) groups excluding carboxylic acids is 2. The lowest BCUT2D eigenvalue weighted by Crippen LogP contribution is -2.27. The number of aromatic nitrogens is 3. The standard InChI is InChI=1S/C23H21N5O2S/c29-22(26-12-16-5-8-27-10-7-25-21(27)11-16)18-3-1-17(2-4-18)19-6-9-28(14-19)23(30)20-13-24-15-31-20/h1-5,7-8,10-11,13,15,19H,6,9,12,14H2,(H,26,29). The summed E-state index contributed by atoms with van der Waals surface area (Å²) in [4.78, 5) is 35.9. The molecule has 156 valence electrons. The van der Waals surface area contributed by atoms with Gasteiger partial charge in [0, 0.05) is 49.7 Å². The molecule has 4 heterocycles. The van der Waals surface area contributed by atoms with Gasteiger partial charge in [-0.3, -0.25) is 14.6 Å². The first kappa shape index (κ1) is 19.4. The van der Waals surface area contributed by atoms with Crippen LogP contribution in [0, 0.1) is 0 Å². The number of thiazole rings is 1. The van der Waals surface area contributed by atoms with Gasteiger partial charge < -0.3 is 14.6 Å². The molecule has 31 heavy (non-hydrogen) atoms. The normalized spacial score (nSPS) is 16.0. The number of nitrogens with one attached hydrogen (secondary N) is 1. The Hall–Kier alpha value is -3.52. The Bertz CT molecular complexity index is 1220. The highest BCUT2D eigenvalue weighted by Crippen LogP contribution is 2.28. The minimum absolute atomic E-state index is 0.0505. The van der Waals surface area contributed by atoms with Gasteiger partial charge in [0.2, 0.25) is 0 Å². The molecule has 0 saturated carbocycles. The number of likely N-dealkylation sites (tertiary alicyclic amines) is 1. The summed E-state index contributed by atoms with van der Waals surface area (Å²) in [5.74, 6) is 0.230. The number of hydrogen-bond acceptors (Lipinski definition) is 5. The molecular formula is C23H21N5O2S. The quantitative estimate of drug-likeness (QED) is 0.526. The number of benzene rings is 1. The lowest BCUT2D eigenvalue weighted by atomic mass is 9.97. The fraction of sp³-hybridized carbons (Fsp3) is 0.217. The average molecular weight is 432 g/mol. The van der Waals surface area contributed by atoms with Crippen LogP contribution in [0.3, 0.4) is 0 Å². The molecule has 0 bridgehead atoms. The second-order valence-corrected chi connectivity index (χ2v) is 8.52. The molecular weight excluding hydrogens is 410 g/mol. The average Bonchev–Trinajstić information content (AvgIpc) is 3.58. The Morgan fingerprint density at radius 2 is 2.03 bits per heavy atom. The first-order valence-corrected chi connectivity index (χ1v) is 11.0. The van der Waals surface area contributed by atoms with Crippen LogP contribution in [0.2, 0.25) is 0 Å². The number of carbonyl (C=O) groups is 2. The zero-order valence-corrected chi connectivity index (χ0v) is 17.6.